The van der Waals surface area contributed by atoms with Gasteiger partial charge in [-0.25, -0.2) is 10.6 Å². The quantitative estimate of drug-likeness (QED) is 0.409. The van der Waals surface area contributed by atoms with E-state index in [-0.39, 0.29) is 5.91 Å². The molecule has 3 rings (SSSR count). The molecule has 1 aliphatic carbocycles. The van der Waals surface area contributed by atoms with Crippen LogP contribution < -0.4 is 17.0 Å². The van der Waals surface area contributed by atoms with Crippen LogP contribution in [0.2, 0.25) is 0 Å². The number of H-pyrrole nitrogens is 1. The predicted molar refractivity (Wildman–Crippen MR) is 64.7 cm³/mol. The average Bonchev–Trinajstić information content (AvgIpc) is 2.66. The molecule has 1 fully saturated rings. The Hall–Kier alpha value is -2.08. The van der Waals surface area contributed by atoms with Crippen molar-refractivity contribution in [2.75, 3.05) is 0 Å². The van der Waals surface area contributed by atoms with E-state index in [0.29, 0.717) is 11.1 Å². The van der Waals surface area contributed by atoms with Crippen molar-refractivity contribution in [1.29, 1.82) is 0 Å². The summed E-state index contributed by atoms with van der Waals surface area (Å²) in [6, 6.07) is 5.30. The summed E-state index contributed by atoms with van der Waals surface area (Å²) in [5, 5.41) is 0. The van der Waals surface area contributed by atoms with Crippen LogP contribution in [-0.4, -0.2) is 10.9 Å². The van der Waals surface area contributed by atoms with Gasteiger partial charge in [-0.15, -0.1) is 0 Å². The zero-order chi connectivity index (χ0) is 12.8. The summed E-state index contributed by atoms with van der Waals surface area (Å²) in [6.45, 7) is 0. The molecule has 6 heteroatoms. The molecule has 0 saturated heterocycles. The van der Waals surface area contributed by atoms with E-state index in [1.54, 1.807) is 12.1 Å². The number of hydrogen-bond acceptors (Lipinski definition) is 4. The van der Waals surface area contributed by atoms with Gasteiger partial charge in [-0.3, -0.25) is 15.2 Å². The number of amides is 1. The lowest BCUT2D eigenvalue weighted by Gasteiger charge is -2.40. The van der Waals surface area contributed by atoms with Crippen molar-refractivity contribution < 1.29 is 9.21 Å². The summed E-state index contributed by atoms with van der Waals surface area (Å²) in [4.78, 5) is 25.6. The van der Waals surface area contributed by atoms with Gasteiger partial charge in [0.15, 0.2) is 5.58 Å². The fourth-order valence-electron chi connectivity index (χ4n) is 2.56. The van der Waals surface area contributed by atoms with Crippen molar-refractivity contribution in [3.05, 3.63) is 34.3 Å². The topological polar surface area (TPSA) is 101 Å². The number of benzene rings is 1. The predicted octanol–water partition coefficient (Wildman–Crippen LogP) is 0.533. The van der Waals surface area contributed by atoms with Crippen LogP contribution in [0.25, 0.3) is 11.1 Å². The number of fused-ring (bicyclic) bond motifs is 1. The van der Waals surface area contributed by atoms with Crippen LogP contribution >= 0.6 is 0 Å². The van der Waals surface area contributed by atoms with Gasteiger partial charge in [0.25, 0.3) is 0 Å². The largest absolute Gasteiger partial charge is 0.417 e. The Bertz CT molecular complexity index is 667. The van der Waals surface area contributed by atoms with Gasteiger partial charge in [0.05, 0.1) is 10.9 Å². The smallest absolute Gasteiger partial charge is 0.408 e. The molecular weight excluding hydrogens is 234 g/mol. The van der Waals surface area contributed by atoms with E-state index in [0.717, 1.165) is 24.8 Å². The molecule has 1 aliphatic rings. The molecule has 1 aromatic carbocycles. The monoisotopic (exact) mass is 247 g/mol. The molecule has 0 bridgehead atoms. The number of nitrogens with two attached hydrogens (primary N) is 1. The van der Waals surface area contributed by atoms with E-state index >= 15 is 0 Å². The summed E-state index contributed by atoms with van der Waals surface area (Å²) in [5.74, 6) is 4.57. The van der Waals surface area contributed by atoms with Crippen LogP contribution in [0, 0.1) is 0 Å². The first-order valence-corrected chi connectivity index (χ1v) is 5.80. The number of nitrogens with one attached hydrogen (secondary N) is 2. The van der Waals surface area contributed by atoms with Gasteiger partial charge in [0, 0.05) is 0 Å². The first-order chi connectivity index (χ1) is 8.65. The van der Waals surface area contributed by atoms with Crippen molar-refractivity contribution in [3.63, 3.8) is 0 Å². The van der Waals surface area contributed by atoms with E-state index in [2.05, 4.69) is 10.4 Å². The molecule has 1 heterocycles. The Labute approximate surface area is 102 Å². The third-order valence-electron chi connectivity index (χ3n) is 3.74. The standard InChI is InChI=1S/C12H13N3O3/c13-15-10(16)12(4-1-5-12)7-2-3-9-8(6-7)14-11(17)18-9/h2-3,6H,1,4-5,13H2,(H,14,17)(H,15,16). The number of aromatic amines is 1. The third kappa shape index (κ3) is 1.39. The summed E-state index contributed by atoms with van der Waals surface area (Å²) in [5.41, 5.74) is 3.63. The summed E-state index contributed by atoms with van der Waals surface area (Å²) >= 11 is 0. The Kier molecular flexibility index (Phi) is 2.27. The van der Waals surface area contributed by atoms with E-state index in [1.165, 1.54) is 0 Å². The fourth-order valence-corrected chi connectivity index (χ4v) is 2.56. The van der Waals surface area contributed by atoms with Crippen LogP contribution in [0.3, 0.4) is 0 Å². The van der Waals surface area contributed by atoms with Crippen LogP contribution in [0.4, 0.5) is 0 Å². The minimum atomic E-state index is -0.558. The Morgan fingerprint density at radius 3 is 2.83 bits per heavy atom. The highest BCUT2D eigenvalue weighted by Crippen LogP contribution is 2.44. The molecular formula is C12H13N3O3. The Morgan fingerprint density at radius 2 is 2.22 bits per heavy atom. The number of carbonyl (C=O) groups excluding carboxylic acids is 1. The fraction of sp³-hybridized carbons (Fsp3) is 0.333. The number of hydrazine groups is 1. The van der Waals surface area contributed by atoms with E-state index < -0.39 is 11.2 Å². The highest BCUT2D eigenvalue weighted by molar-refractivity contribution is 5.90. The van der Waals surface area contributed by atoms with E-state index in [9.17, 15) is 9.59 Å². The van der Waals surface area contributed by atoms with Crippen molar-refractivity contribution in [1.82, 2.24) is 10.4 Å². The summed E-state index contributed by atoms with van der Waals surface area (Å²) < 4.78 is 4.94. The normalized spacial score (nSPS) is 17.4. The molecule has 94 valence electrons. The zero-order valence-corrected chi connectivity index (χ0v) is 9.66. The summed E-state index contributed by atoms with van der Waals surface area (Å²) in [7, 11) is 0. The van der Waals surface area contributed by atoms with Gasteiger partial charge in [0.2, 0.25) is 5.91 Å². The van der Waals surface area contributed by atoms with Crippen molar-refractivity contribution in [2.45, 2.75) is 24.7 Å². The van der Waals surface area contributed by atoms with Crippen molar-refractivity contribution in [3.8, 4) is 0 Å². The average molecular weight is 247 g/mol. The van der Waals surface area contributed by atoms with Gasteiger partial charge in [-0.05, 0) is 30.5 Å². The van der Waals surface area contributed by atoms with Gasteiger partial charge in [-0.2, -0.15) is 0 Å². The molecule has 1 saturated carbocycles. The molecule has 4 N–H and O–H groups in total. The van der Waals surface area contributed by atoms with E-state index in [1.807, 2.05) is 6.07 Å². The van der Waals surface area contributed by atoms with Crippen LogP contribution in [0.15, 0.2) is 27.4 Å². The first kappa shape index (κ1) is 11.0. The first-order valence-electron chi connectivity index (χ1n) is 5.80. The number of aromatic nitrogens is 1. The number of oxazole rings is 1. The van der Waals surface area contributed by atoms with Crippen LogP contribution in [-0.2, 0) is 10.2 Å². The third-order valence-corrected chi connectivity index (χ3v) is 3.74. The second-order valence-corrected chi connectivity index (χ2v) is 4.63. The van der Waals surface area contributed by atoms with Gasteiger partial charge >= 0.3 is 5.76 Å². The molecule has 18 heavy (non-hydrogen) atoms. The lowest BCUT2D eigenvalue weighted by Crippen LogP contribution is -2.51. The zero-order valence-electron chi connectivity index (χ0n) is 9.66. The number of carbonyl (C=O) groups is 1. The van der Waals surface area contributed by atoms with Crippen LogP contribution in [0.1, 0.15) is 24.8 Å². The minimum absolute atomic E-state index is 0.182. The Morgan fingerprint density at radius 1 is 1.44 bits per heavy atom. The SMILES string of the molecule is NNC(=O)C1(c2ccc3oc(=O)[nH]c3c2)CCC1. The maximum absolute atomic E-state index is 11.9. The second kappa shape index (κ2) is 3.71. The van der Waals surface area contributed by atoms with Crippen LogP contribution in [0.5, 0.6) is 0 Å². The maximum Gasteiger partial charge on any atom is 0.417 e. The molecule has 1 amide bonds. The molecule has 2 aromatic rings. The van der Waals surface area contributed by atoms with Gasteiger partial charge in [-0.1, -0.05) is 12.5 Å². The highest BCUT2D eigenvalue weighted by Gasteiger charge is 2.45. The molecule has 0 atom stereocenters. The molecule has 0 unspecified atom stereocenters. The number of hydrogen-bond donors (Lipinski definition) is 3. The molecule has 0 spiro atoms. The molecule has 0 aliphatic heterocycles. The van der Waals surface area contributed by atoms with E-state index in [4.69, 9.17) is 10.3 Å². The summed E-state index contributed by atoms with van der Waals surface area (Å²) in [6.07, 6.45) is 2.53. The van der Waals surface area contributed by atoms with Crippen molar-refractivity contribution in [2.24, 2.45) is 5.84 Å². The van der Waals surface area contributed by atoms with Gasteiger partial charge in [0.1, 0.15) is 0 Å². The minimum Gasteiger partial charge on any atom is -0.408 e. The molecule has 6 nitrogen and oxygen atoms in total. The van der Waals surface area contributed by atoms with Crippen molar-refractivity contribution >= 4 is 17.0 Å². The molecule has 0 radical (unpaired) electrons. The maximum atomic E-state index is 11.9. The highest BCUT2D eigenvalue weighted by atomic mass is 16.4. The lowest BCUT2D eigenvalue weighted by molar-refractivity contribution is -0.130. The lowest BCUT2D eigenvalue weighted by atomic mass is 9.64. The van der Waals surface area contributed by atoms with Gasteiger partial charge < -0.3 is 4.42 Å². The number of rotatable bonds is 2. The second-order valence-electron chi connectivity index (χ2n) is 4.63. The Balaban J connectivity index is 2.12. The molecule has 1 aromatic heterocycles.